The lowest BCUT2D eigenvalue weighted by molar-refractivity contribution is 0.0958. The van der Waals surface area contributed by atoms with Gasteiger partial charge in [0.05, 0.1) is 6.54 Å². The maximum atomic E-state index is 11.7. The molecule has 2 nitrogen and oxygen atoms in total. The molecule has 1 aromatic rings. The van der Waals surface area contributed by atoms with E-state index in [4.69, 9.17) is 0 Å². The van der Waals surface area contributed by atoms with Crippen LogP contribution in [0.1, 0.15) is 29.3 Å². The van der Waals surface area contributed by atoms with Crippen LogP contribution in [0.4, 0.5) is 0 Å². The number of benzene rings is 1. The molecule has 0 fully saturated rings. The third-order valence-corrected chi connectivity index (χ3v) is 2.27. The average Bonchev–Trinajstić information content (AvgIpc) is 2.18. The summed E-state index contributed by atoms with van der Waals surface area (Å²) in [5, 5.41) is 0. The molecule has 0 aliphatic carbocycles. The van der Waals surface area contributed by atoms with E-state index in [-0.39, 0.29) is 5.78 Å². The molecule has 0 aromatic heterocycles. The largest absolute Gasteiger partial charge is 0.302 e. The molecule has 0 saturated heterocycles. The summed E-state index contributed by atoms with van der Waals surface area (Å²) < 4.78 is 0. The highest BCUT2D eigenvalue weighted by Gasteiger charge is 2.06. The molecule has 0 aliphatic heterocycles. The van der Waals surface area contributed by atoms with E-state index in [9.17, 15) is 4.79 Å². The first-order valence-electron chi connectivity index (χ1n) is 5.40. The summed E-state index contributed by atoms with van der Waals surface area (Å²) in [4.78, 5) is 13.6. The molecule has 15 heavy (non-hydrogen) atoms. The molecule has 0 bridgehead atoms. The van der Waals surface area contributed by atoms with Crippen molar-refractivity contribution in [2.24, 2.45) is 0 Å². The first-order valence-corrected chi connectivity index (χ1v) is 5.40. The summed E-state index contributed by atoms with van der Waals surface area (Å²) in [7, 11) is 3.81. The fourth-order valence-electron chi connectivity index (χ4n) is 1.52. The van der Waals surface area contributed by atoms with Crippen molar-refractivity contribution in [3.8, 4) is 0 Å². The molecule has 0 aliphatic rings. The van der Waals surface area contributed by atoms with Crippen LogP contribution in [0.25, 0.3) is 0 Å². The Kier molecular flexibility index (Phi) is 4.50. The minimum Gasteiger partial charge on any atom is -0.302 e. The quantitative estimate of drug-likeness (QED) is 0.688. The molecule has 0 saturated carbocycles. The van der Waals surface area contributed by atoms with E-state index in [1.54, 1.807) is 0 Å². The Morgan fingerprint density at radius 3 is 2.27 bits per heavy atom. The van der Waals surface area contributed by atoms with E-state index in [0.29, 0.717) is 6.54 Å². The van der Waals surface area contributed by atoms with Gasteiger partial charge in [-0.05, 0) is 26.1 Å². The molecular weight excluding hydrogens is 186 g/mol. The smallest absolute Gasteiger partial charge is 0.176 e. The Labute approximate surface area is 91.9 Å². The van der Waals surface area contributed by atoms with Gasteiger partial charge in [-0.15, -0.1) is 0 Å². The molecule has 1 rings (SSSR count). The standard InChI is InChI=1S/C13H19NO/c1-4-5-11-6-8-12(9-7-11)13(15)10-14(2)3/h6-9H,4-5,10H2,1-3H3. The Morgan fingerprint density at radius 2 is 1.80 bits per heavy atom. The molecule has 2 heteroatoms. The Balaban J connectivity index is 2.67. The summed E-state index contributed by atoms with van der Waals surface area (Å²) in [6, 6.07) is 7.95. The molecule has 0 unspecified atom stereocenters. The normalized spacial score (nSPS) is 10.7. The first kappa shape index (κ1) is 11.9. The van der Waals surface area contributed by atoms with E-state index in [1.807, 2.05) is 43.3 Å². The fraction of sp³-hybridized carbons (Fsp3) is 0.462. The number of rotatable bonds is 5. The lowest BCUT2D eigenvalue weighted by atomic mass is 10.1. The summed E-state index contributed by atoms with van der Waals surface area (Å²) in [6.07, 6.45) is 2.23. The molecule has 1 aromatic carbocycles. The number of carbonyl (C=O) groups excluding carboxylic acids is 1. The second kappa shape index (κ2) is 5.66. The van der Waals surface area contributed by atoms with Gasteiger partial charge in [0.2, 0.25) is 0 Å². The van der Waals surface area contributed by atoms with E-state index in [0.717, 1.165) is 18.4 Å². The predicted molar refractivity (Wildman–Crippen MR) is 63.3 cm³/mol. The highest BCUT2D eigenvalue weighted by Crippen LogP contribution is 2.07. The number of likely N-dealkylation sites (N-methyl/N-ethyl adjacent to an activating group) is 1. The third-order valence-electron chi connectivity index (χ3n) is 2.27. The molecule has 82 valence electrons. The van der Waals surface area contributed by atoms with Gasteiger partial charge in [0.15, 0.2) is 5.78 Å². The summed E-state index contributed by atoms with van der Waals surface area (Å²) in [6.45, 7) is 2.64. The highest BCUT2D eigenvalue weighted by molar-refractivity contribution is 5.97. The van der Waals surface area contributed by atoms with Crippen LogP contribution < -0.4 is 0 Å². The van der Waals surface area contributed by atoms with Crippen LogP contribution >= 0.6 is 0 Å². The highest BCUT2D eigenvalue weighted by atomic mass is 16.1. The van der Waals surface area contributed by atoms with Gasteiger partial charge < -0.3 is 4.90 Å². The first-order chi connectivity index (χ1) is 7.13. The van der Waals surface area contributed by atoms with Crippen molar-refractivity contribution in [2.75, 3.05) is 20.6 Å². The SMILES string of the molecule is CCCc1ccc(C(=O)CN(C)C)cc1. The van der Waals surface area contributed by atoms with Gasteiger partial charge in [-0.2, -0.15) is 0 Å². The van der Waals surface area contributed by atoms with Crippen molar-refractivity contribution in [2.45, 2.75) is 19.8 Å². The predicted octanol–water partition coefficient (Wildman–Crippen LogP) is 2.38. The van der Waals surface area contributed by atoms with Crippen LogP contribution in [-0.4, -0.2) is 31.3 Å². The summed E-state index contributed by atoms with van der Waals surface area (Å²) in [5.41, 5.74) is 2.11. The van der Waals surface area contributed by atoms with E-state index in [1.165, 1.54) is 5.56 Å². The van der Waals surface area contributed by atoms with Gasteiger partial charge >= 0.3 is 0 Å². The minimum atomic E-state index is 0.183. The fourth-order valence-corrected chi connectivity index (χ4v) is 1.52. The van der Waals surface area contributed by atoms with E-state index >= 15 is 0 Å². The number of nitrogens with zero attached hydrogens (tertiary/aromatic N) is 1. The lowest BCUT2D eigenvalue weighted by Crippen LogP contribution is -2.21. The zero-order valence-corrected chi connectivity index (χ0v) is 9.79. The van der Waals surface area contributed by atoms with Crippen LogP contribution in [0.3, 0.4) is 0 Å². The Bertz CT molecular complexity index is 314. The molecule has 0 radical (unpaired) electrons. The van der Waals surface area contributed by atoms with Crippen LogP contribution in [0.15, 0.2) is 24.3 Å². The van der Waals surface area contributed by atoms with Crippen molar-refractivity contribution in [3.63, 3.8) is 0 Å². The number of carbonyl (C=O) groups is 1. The molecule has 0 heterocycles. The van der Waals surface area contributed by atoms with Gasteiger partial charge in [-0.25, -0.2) is 0 Å². The van der Waals surface area contributed by atoms with E-state index in [2.05, 4.69) is 6.92 Å². The second-order valence-electron chi connectivity index (χ2n) is 4.11. The number of hydrogen-bond acceptors (Lipinski definition) is 2. The van der Waals surface area contributed by atoms with Crippen LogP contribution in [0, 0.1) is 0 Å². The minimum absolute atomic E-state index is 0.183. The van der Waals surface area contributed by atoms with Crippen molar-refractivity contribution < 1.29 is 4.79 Å². The molecular formula is C13H19NO. The van der Waals surface area contributed by atoms with Crippen molar-refractivity contribution in [1.29, 1.82) is 0 Å². The number of ketones is 1. The van der Waals surface area contributed by atoms with Crippen LogP contribution in [0.2, 0.25) is 0 Å². The maximum Gasteiger partial charge on any atom is 0.176 e. The van der Waals surface area contributed by atoms with Gasteiger partial charge in [0.1, 0.15) is 0 Å². The topological polar surface area (TPSA) is 20.3 Å². The van der Waals surface area contributed by atoms with Gasteiger partial charge in [-0.1, -0.05) is 37.6 Å². The molecule has 0 amide bonds. The number of Topliss-reactive ketones (excluding diaryl/α,β-unsaturated/α-hetero) is 1. The van der Waals surface area contributed by atoms with Crippen LogP contribution in [0.5, 0.6) is 0 Å². The zero-order chi connectivity index (χ0) is 11.3. The zero-order valence-electron chi connectivity index (χ0n) is 9.79. The summed E-state index contributed by atoms with van der Waals surface area (Å²) in [5.74, 6) is 0.183. The lowest BCUT2D eigenvalue weighted by Gasteiger charge is -2.08. The second-order valence-corrected chi connectivity index (χ2v) is 4.11. The molecule has 0 N–H and O–H groups in total. The van der Waals surface area contributed by atoms with Gasteiger partial charge in [0.25, 0.3) is 0 Å². The van der Waals surface area contributed by atoms with E-state index < -0.39 is 0 Å². The number of aryl methyl sites for hydroxylation is 1. The average molecular weight is 205 g/mol. The summed E-state index contributed by atoms with van der Waals surface area (Å²) >= 11 is 0. The van der Waals surface area contributed by atoms with Gasteiger partial charge in [-0.3, -0.25) is 4.79 Å². The Morgan fingerprint density at radius 1 is 1.20 bits per heavy atom. The number of hydrogen-bond donors (Lipinski definition) is 0. The maximum absolute atomic E-state index is 11.7. The van der Waals surface area contributed by atoms with Crippen molar-refractivity contribution >= 4 is 5.78 Å². The molecule has 0 atom stereocenters. The van der Waals surface area contributed by atoms with Crippen LogP contribution in [-0.2, 0) is 6.42 Å². The third kappa shape index (κ3) is 3.84. The molecule has 0 spiro atoms. The monoisotopic (exact) mass is 205 g/mol. The van der Waals surface area contributed by atoms with Crippen molar-refractivity contribution in [1.82, 2.24) is 4.90 Å². The van der Waals surface area contributed by atoms with Crippen molar-refractivity contribution in [3.05, 3.63) is 35.4 Å². The van der Waals surface area contributed by atoms with Gasteiger partial charge in [0, 0.05) is 5.56 Å². The Hall–Kier alpha value is -1.15.